The Bertz CT molecular complexity index is 564. The number of ether oxygens (including phenoxy) is 1. The molecule has 2 rings (SSSR count). The van der Waals surface area contributed by atoms with Gasteiger partial charge in [0.15, 0.2) is 0 Å². The summed E-state index contributed by atoms with van der Waals surface area (Å²) >= 11 is 6.19. The lowest BCUT2D eigenvalue weighted by Gasteiger charge is -2.17. The summed E-state index contributed by atoms with van der Waals surface area (Å²) in [7, 11) is 1.58. The van der Waals surface area contributed by atoms with E-state index in [-0.39, 0.29) is 0 Å². The second kappa shape index (κ2) is 6.78. The normalized spacial score (nSPS) is 12.2. The quantitative estimate of drug-likeness (QED) is 0.885. The van der Waals surface area contributed by atoms with Gasteiger partial charge in [-0.25, -0.2) is 0 Å². The molecule has 0 spiro atoms. The molecule has 0 amide bonds. The van der Waals surface area contributed by atoms with Crippen LogP contribution in [-0.4, -0.2) is 12.2 Å². The number of aliphatic hydroxyl groups is 1. The first kappa shape index (κ1) is 14.9. The zero-order chi connectivity index (χ0) is 14.5. The number of aryl methyl sites for hydroxylation is 1. The average molecular weight is 291 g/mol. The van der Waals surface area contributed by atoms with Gasteiger partial charge in [-0.1, -0.05) is 55.3 Å². The van der Waals surface area contributed by atoms with Crippen LogP contribution >= 0.6 is 11.6 Å². The fourth-order valence-corrected chi connectivity index (χ4v) is 2.55. The van der Waals surface area contributed by atoms with E-state index in [4.69, 9.17) is 16.3 Å². The van der Waals surface area contributed by atoms with E-state index < -0.39 is 6.10 Å². The molecule has 20 heavy (non-hydrogen) atoms. The van der Waals surface area contributed by atoms with Crippen LogP contribution < -0.4 is 4.74 Å². The monoisotopic (exact) mass is 290 g/mol. The zero-order valence-corrected chi connectivity index (χ0v) is 12.5. The number of rotatable bonds is 5. The average Bonchev–Trinajstić information content (AvgIpc) is 2.47. The van der Waals surface area contributed by atoms with Gasteiger partial charge in [0.2, 0.25) is 0 Å². The maximum atomic E-state index is 10.5. The van der Waals surface area contributed by atoms with E-state index in [0.29, 0.717) is 16.3 Å². The molecule has 0 radical (unpaired) electrons. The van der Waals surface area contributed by atoms with Crippen molar-refractivity contribution in [2.75, 3.05) is 7.11 Å². The van der Waals surface area contributed by atoms with Gasteiger partial charge in [0, 0.05) is 5.56 Å². The molecule has 2 aromatic rings. The topological polar surface area (TPSA) is 29.5 Å². The van der Waals surface area contributed by atoms with Crippen molar-refractivity contribution in [2.45, 2.75) is 25.9 Å². The second-order valence-electron chi connectivity index (χ2n) is 4.75. The number of methoxy groups -OCH3 is 1. The highest BCUT2D eigenvalue weighted by Gasteiger charge is 2.18. The lowest BCUT2D eigenvalue weighted by atomic mass is 9.98. The molecular weight excluding hydrogens is 272 g/mol. The van der Waals surface area contributed by atoms with Crippen LogP contribution in [0.25, 0.3) is 0 Å². The second-order valence-corrected chi connectivity index (χ2v) is 5.16. The van der Waals surface area contributed by atoms with Crippen molar-refractivity contribution >= 4 is 11.6 Å². The minimum Gasteiger partial charge on any atom is -0.496 e. The summed E-state index contributed by atoms with van der Waals surface area (Å²) in [5, 5.41) is 11.0. The van der Waals surface area contributed by atoms with Gasteiger partial charge in [-0.2, -0.15) is 0 Å². The fraction of sp³-hybridized carbons (Fsp3) is 0.294. The lowest BCUT2D eigenvalue weighted by Crippen LogP contribution is -2.03. The number of halogens is 1. The van der Waals surface area contributed by atoms with Crippen molar-refractivity contribution < 1.29 is 9.84 Å². The Morgan fingerprint density at radius 3 is 2.45 bits per heavy atom. The highest BCUT2D eigenvalue weighted by atomic mass is 35.5. The minimum atomic E-state index is -0.783. The largest absolute Gasteiger partial charge is 0.496 e. The molecule has 3 heteroatoms. The number of benzene rings is 2. The SMILES string of the molecule is CCCc1ccc(C(O)c2c(Cl)cccc2OC)cc1. The maximum absolute atomic E-state index is 10.5. The van der Waals surface area contributed by atoms with Gasteiger partial charge in [0.05, 0.1) is 12.1 Å². The summed E-state index contributed by atoms with van der Waals surface area (Å²) in [4.78, 5) is 0. The molecule has 0 saturated heterocycles. The summed E-state index contributed by atoms with van der Waals surface area (Å²) in [5.41, 5.74) is 2.70. The molecule has 1 atom stereocenters. The van der Waals surface area contributed by atoms with Gasteiger partial charge in [-0.3, -0.25) is 0 Å². The van der Waals surface area contributed by atoms with E-state index in [2.05, 4.69) is 6.92 Å². The Morgan fingerprint density at radius 1 is 1.15 bits per heavy atom. The van der Waals surface area contributed by atoms with Crippen LogP contribution in [0.5, 0.6) is 5.75 Å². The smallest absolute Gasteiger partial charge is 0.126 e. The third kappa shape index (κ3) is 3.14. The Morgan fingerprint density at radius 2 is 1.85 bits per heavy atom. The Balaban J connectivity index is 2.33. The molecule has 0 aliphatic carbocycles. The molecular formula is C17H19ClO2. The molecule has 2 aromatic carbocycles. The predicted octanol–water partition coefficient (Wildman–Crippen LogP) is 4.38. The third-order valence-corrected chi connectivity index (χ3v) is 3.67. The van der Waals surface area contributed by atoms with Crippen molar-refractivity contribution in [3.8, 4) is 5.75 Å². The van der Waals surface area contributed by atoms with Crippen molar-refractivity contribution in [1.29, 1.82) is 0 Å². The molecule has 2 nitrogen and oxygen atoms in total. The summed E-state index contributed by atoms with van der Waals surface area (Å²) in [6.07, 6.45) is 1.38. The summed E-state index contributed by atoms with van der Waals surface area (Å²) < 4.78 is 5.29. The molecule has 0 aromatic heterocycles. The van der Waals surface area contributed by atoms with Crippen LogP contribution in [0.4, 0.5) is 0 Å². The van der Waals surface area contributed by atoms with Gasteiger partial charge < -0.3 is 9.84 Å². The van der Waals surface area contributed by atoms with E-state index >= 15 is 0 Å². The Labute approximate surface area is 125 Å². The lowest BCUT2D eigenvalue weighted by molar-refractivity contribution is 0.215. The number of hydrogen-bond donors (Lipinski definition) is 1. The van der Waals surface area contributed by atoms with E-state index in [1.807, 2.05) is 30.3 Å². The van der Waals surface area contributed by atoms with Crippen molar-refractivity contribution in [3.05, 3.63) is 64.2 Å². The number of aliphatic hydroxyl groups excluding tert-OH is 1. The van der Waals surface area contributed by atoms with E-state index in [9.17, 15) is 5.11 Å². The van der Waals surface area contributed by atoms with Crippen molar-refractivity contribution in [2.24, 2.45) is 0 Å². The minimum absolute atomic E-state index is 0.509. The zero-order valence-electron chi connectivity index (χ0n) is 11.8. The van der Waals surface area contributed by atoms with Crippen molar-refractivity contribution in [1.82, 2.24) is 0 Å². The first-order valence-corrected chi connectivity index (χ1v) is 7.14. The van der Waals surface area contributed by atoms with Gasteiger partial charge in [0.1, 0.15) is 11.9 Å². The third-order valence-electron chi connectivity index (χ3n) is 3.34. The first-order chi connectivity index (χ1) is 9.67. The van der Waals surface area contributed by atoms with Gasteiger partial charge in [0.25, 0.3) is 0 Å². The molecule has 0 fully saturated rings. The summed E-state index contributed by atoms with van der Waals surface area (Å²) in [6.45, 7) is 2.15. The van der Waals surface area contributed by atoms with Crippen LogP contribution in [0, 0.1) is 0 Å². The summed E-state index contributed by atoms with van der Waals surface area (Å²) in [5.74, 6) is 0.600. The maximum Gasteiger partial charge on any atom is 0.126 e. The van der Waals surface area contributed by atoms with E-state index in [1.165, 1.54) is 5.56 Å². The van der Waals surface area contributed by atoms with Gasteiger partial charge in [-0.05, 0) is 29.7 Å². The molecule has 0 aliphatic heterocycles. The molecule has 0 saturated carbocycles. The number of hydrogen-bond acceptors (Lipinski definition) is 2. The van der Waals surface area contributed by atoms with Gasteiger partial charge >= 0.3 is 0 Å². The van der Waals surface area contributed by atoms with Gasteiger partial charge in [-0.15, -0.1) is 0 Å². The molecule has 1 N–H and O–H groups in total. The predicted molar refractivity (Wildman–Crippen MR) is 82.5 cm³/mol. The molecule has 0 heterocycles. The highest BCUT2D eigenvalue weighted by molar-refractivity contribution is 6.31. The van der Waals surface area contributed by atoms with Crippen LogP contribution in [0.3, 0.4) is 0 Å². The molecule has 1 unspecified atom stereocenters. The first-order valence-electron chi connectivity index (χ1n) is 6.76. The van der Waals surface area contributed by atoms with E-state index in [1.54, 1.807) is 19.2 Å². The molecule has 0 bridgehead atoms. The van der Waals surface area contributed by atoms with E-state index in [0.717, 1.165) is 18.4 Å². The van der Waals surface area contributed by atoms with Crippen LogP contribution in [0.15, 0.2) is 42.5 Å². The molecule has 0 aliphatic rings. The van der Waals surface area contributed by atoms with Crippen LogP contribution in [0.2, 0.25) is 5.02 Å². The molecule has 106 valence electrons. The van der Waals surface area contributed by atoms with Crippen molar-refractivity contribution in [3.63, 3.8) is 0 Å². The van der Waals surface area contributed by atoms with Crippen LogP contribution in [0.1, 0.15) is 36.1 Å². The standard InChI is InChI=1S/C17H19ClO2/c1-3-5-12-8-10-13(11-9-12)17(19)16-14(18)6-4-7-15(16)20-2/h4,6-11,17,19H,3,5H2,1-2H3. The van der Waals surface area contributed by atoms with Crippen LogP contribution in [-0.2, 0) is 6.42 Å². The Kier molecular flexibility index (Phi) is 5.05. The fourth-order valence-electron chi connectivity index (χ4n) is 2.28. The Hall–Kier alpha value is -1.51. The highest BCUT2D eigenvalue weighted by Crippen LogP contribution is 2.35. The summed E-state index contributed by atoms with van der Waals surface area (Å²) in [6, 6.07) is 13.3.